The lowest BCUT2D eigenvalue weighted by atomic mass is 10.1. The van der Waals surface area contributed by atoms with Gasteiger partial charge in [0.15, 0.2) is 12.4 Å². The number of carbonyl (C=O) groups excluding carboxylic acids is 1. The van der Waals surface area contributed by atoms with Gasteiger partial charge in [-0.05, 0) is 18.2 Å². The van der Waals surface area contributed by atoms with E-state index in [4.69, 9.17) is 0 Å². The number of hydrogen-bond acceptors (Lipinski definition) is 6. The van der Waals surface area contributed by atoms with E-state index in [-0.39, 0.29) is 41.7 Å². The zero-order chi connectivity index (χ0) is 20.4. The van der Waals surface area contributed by atoms with Crippen LogP contribution in [0.25, 0.3) is 0 Å². The number of hydrogen-bond donors (Lipinski definition) is 1. The van der Waals surface area contributed by atoms with Gasteiger partial charge < -0.3 is 15.0 Å². The van der Waals surface area contributed by atoms with E-state index in [0.29, 0.717) is 0 Å². The molecular formula is C16H15F3N4O4S. The number of carbonyl (C=O) groups is 1. The van der Waals surface area contributed by atoms with E-state index in [1.807, 2.05) is 0 Å². The molecule has 0 saturated carbocycles. The average molecular weight is 416 g/mol. The number of rotatable bonds is 5. The van der Waals surface area contributed by atoms with Crippen molar-refractivity contribution in [3.63, 3.8) is 0 Å². The second kappa shape index (κ2) is 7.62. The van der Waals surface area contributed by atoms with Crippen molar-refractivity contribution >= 4 is 21.8 Å². The highest BCUT2D eigenvalue weighted by Crippen LogP contribution is 2.21. The molecule has 0 aromatic carbocycles. The Morgan fingerprint density at radius 2 is 2.14 bits per heavy atom. The first-order valence-corrected chi connectivity index (χ1v) is 9.65. The lowest BCUT2D eigenvalue weighted by Gasteiger charge is -2.28. The van der Waals surface area contributed by atoms with E-state index in [9.17, 15) is 26.4 Å². The molecule has 8 nitrogen and oxygen atoms in total. The van der Waals surface area contributed by atoms with Crippen LogP contribution in [-0.2, 0) is 21.4 Å². The monoisotopic (exact) mass is 416 g/mol. The number of nitrogens with one attached hydrogen (secondary N) is 1. The zero-order valence-corrected chi connectivity index (χ0v) is 15.1. The number of halogens is 3. The van der Waals surface area contributed by atoms with Gasteiger partial charge in [0.2, 0.25) is 5.88 Å². The summed E-state index contributed by atoms with van der Waals surface area (Å²) in [6.45, 7) is -1.51. The number of ether oxygens (including phenoxy) is 1. The molecule has 0 saturated heterocycles. The van der Waals surface area contributed by atoms with E-state index in [0.717, 1.165) is 0 Å². The van der Waals surface area contributed by atoms with E-state index in [2.05, 4.69) is 19.4 Å². The molecule has 0 aliphatic carbocycles. The SMILES string of the molecule is O=C(NCc1cccnc1OCC(F)(F)F)C1=CC=CN2CCS(=O)(=O)N=C12. The predicted molar refractivity (Wildman–Crippen MR) is 92.8 cm³/mol. The topological polar surface area (TPSA) is 101 Å². The molecule has 0 radical (unpaired) electrons. The Bertz CT molecular complexity index is 970. The van der Waals surface area contributed by atoms with Crippen molar-refractivity contribution in [3.05, 3.63) is 47.8 Å². The van der Waals surface area contributed by atoms with Crippen LogP contribution in [0.1, 0.15) is 5.56 Å². The fourth-order valence-electron chi connectivity index (χ4n) is 2.50. The van der Waals surface area contributed by atoms with Crippen molar-refractivity contribution in [1.82, 2.24) is 15.2 Å². The van der Waals surface area contributed by atoms with E-state index in [1.54, 1.807) is 12.3 Å². The predicted octanol–water partition coefficient (Wildman–Crippen LogP) is 1.14. The number of amidine groups is 1. The third-order valence-corrected chi connectivity index (χ3v) is 4.91. The van der Waals surface area contributed by atoms with Gasteiger partial charge in [-0.1, -0.05) is 6.07 Å². The van der Waals surface area contributed by atoms with Crippen molar-refractivity contribution in [2.24, 2.45) is 4.40 Å². The fourth-order valence-corrected chi connectivity index (χ4v) is 3.49. The van der Waals surface area contributed by atoms with Crippen molar-refractivity contribution in [2.45, 2.75) is 12.7 Å². The molecule has 3 heterocycles. The highest BCUT2D eigenvalue weighted by molar-refractivity contribution is 7.90. The molecule has 2 aliphatic rings. The largest absolute Gasteiger partial charge is 0.468 e. The maximum Gasteiger partial charge on any atom is 0.422 e. The maximum absolute atomic E-state index is 12.5. The number of aromatic nitrogens is 1. The van der Waals surface area contributed by atoms with Gasteiger partial charge >= 0.3 is 6.18 Å². The minimum Gasteiger partial charge on any atom is -0.468 e. The number of nitrogens with zero attached hydrogens (tertiary/aromatic N) is 3. The lowest BCUT2D eigenvalue weighted by molar-refractivity contribution is -0.154. The van der Waals surface area contributed by atoms with Gasteiger partial charge in [-0.2, -0.15) is 13.2 Å². The Hall–Kier alpha value is -2.89. The van der Waals surface area contributed by atoms with E-state index < -0.39 is 28.7 Å². The molecule has 150 valence electrons. The summed E-state index contributed by atoms with van der Waals surface area (Å²) in [5.41, 5.74) is 0.273. The zero-order valence-electron chi connectivity index (χ0n) is 14.3. The molecule has 0 unspecified atom stereocenters. The van der Waals surface area contributed by atoms with Crippen molar-refractivity contribution in [2.75, 3.05) is 18.9 Å². The first-order valence-electron chi connectivity index (χ1n) is 8.04. The third-order valence-electron chi connectivity index (χ3n) is 3.76. The summed E-state index contributed by atoms with van der Waals surface area (Å²) in [6.07, 6.45) is 1.34. The molecule has 0 atom stereocenters. The van der Waals surface area contributed by atoms with Gasteiger partial charge in [-0.15, -0.1) is 4.40 Å². The van der Waals surface area contributed by atoms with Crippen LogP contribution in [0.15, 0.2) is 46.7 Å². The molecule has 0 spiro atoms. The van der Waals surface area contributed by atoms with E-state index >= 15 is 0 Å². The first kappa shape index (κ1) is 19.9. The summed E-state index contributed by atoms with van der Waals surface area (Å²) in [5.74, 6) is -1.04. The number of sulfonamides is 1. The molecule has 3 rings (SSSR count). The van der Waals surface area contributed by atoms with Gasteiger partial charge in [-0.25, -0.2) is 13.4 Å². The molecular weight excluding hydrogens is 401 g/mol. The first-order chi connectivity index (χ1) is 13.1. The standard InChI is InChI=1S/C16H15F3N4O4S/c17-16(18,19)10-27-15-11(3-1-5-20-15)9-21-14(24)12-4-2-6-23-7-8-28(25,26)22-13(12)23/h1-6H,7-10H2,(H,21,24). The van der Waals surface area contributed by atoms with Gasteiger partial charge in [-0.3, -0.25) is 4.79 Å². The maximum atomic E-state index is 12.5. The Kier molecular flexibility index (Phi) is 5.40. The summed E-state index contributed by atoms with van der Waals surface area (Å²) in [5, 5.41) is 2.52. The fraction of sp³-hybridized carbons (Fsp3) is 0.312. The van der Waals surface area contributed by atoms with Crippen molar-refractivity contribution in [3.8, 4) is 5.88 Å². The van der Waals surface area contributed by atoms with E-state index in [1.165, 1.54) is 29.3 Å². The van der Waals surface area contributed by atoms with Crippen LogP contribution < -0.4 is 10.1 Å². The molecule has 1 amide bonds. The number of allylic oxidation sites excluding steroid dienone is 2. The normalized spacial score (nSPS) is 18.0. The molecule has 1 aromatic heterocycles. The molecule has 1 aromatic rings. The number of pyridine rings is 1. The van der Waals surface area contributed by atoms with Crippen LogP contribution in [0.3, 0.4) is 0 Å². The minimum atomic E-state index is -4.52. The van der Waals surface area contributed by atoms with Gasteiger partial charge in [0.05, 0.1) is 11.3 Å². The molecule has 0 bridgehead atoms. The summed E-state index contributed by atoms with van der Waals surface area (Å²) >= 11 is 0. The Balaban J connectivity index is 1.72. The van der Waals surface area contributed by atoms with Gasteiger partial charge in [0, 0.05) is 31.0 Å². The summed E-state index contributed by atoms with van der Waals surface area (Å²) in [4.78, 5) is 17.8. The molecule has 2 aliphatic heterocycles. The van der Waals surface area contributed by atoms with Crippen LogP contribution in [0.2, 0.25) is 0 Å². The molecule has 28 heavy (non-hydrogen) atoms. The Labute approximate surface area is 158 Å². The smallest absolute Gasteiger partial charge is 0.422 e. The van der Waals surface area contributed by atoms with Crippen molar-refractivity contribution in [1.29, 1.82) is 0 Å². The minimum absolute atomic E-state index is 0.00554. The molecule has 1 N–H and O–H groups in total. The Morgan fingerprint density at radius 3 is 2.89 bits per heavy atom. The highest BCUT2D eigenvalue weighted by Gasteiger charge is 2.31. The summed E-state index contributed by atoms with van der Waals surface area (Å²) in [6, 6.07) is 2.95. The average Bonchev–Trinajstić information content (AvgIpc) is 2.63. The van der Waals surface area contributed by atoms with Gasteiger partial charge in [0.1, 0.15) is 0 Å². The summed E-state index contributed by atoms with van der Waals surface area (Å²) in [7, 11) is -3.66. The second-order valence-corrected chi connectivity index (χ2v) is 7.63. The van der Waals surface area contributed by atoms with Gasteiger partial charge in [0.25, 0.3) is 15.9 Å². The number of fused-ring (bicyclic) bond motifs is 1. The Morgan fingerprint density at radius 1 is 1.36 bits per heavy atom. The highest BCUT2D eigenvalue weighted by atomic mass is 32.2. The van der Waals surface area contributed by atoms with Crippen LogP contribution >= 0.6 is 0 Å². The number of amides is 1. The van der Waals surface area contributed by atoms with Crippen LogP contribution in [0.5, 0.6) is 5.88 Å². The molecule has 0 fully saturated rings. The molecule has 12 heteroatoms. The van der Waals surface area contributed by atoms with Crippen LogP contribution in [0, 0.1) is 0 Å². The third kappa shape index (κ3) is 4.88. The number of alkyl halides is 3. The second-order valence-electron chi connectivity index (χ2n) is 5.87. The van der Waals surface area contributed by atoms with Crippen LogP contribution in [-0.4, -0.2) is 55.1 Å². The van der Waals surface area contributed by atoms with Crippen molar-refractivity contribution < 1.29 is 31.1 Å². The van der Waals surface area contributed by atoms with Crippen LogP contribution in [0.4, 0.5) is 13.2 Å². The quantitative estimate of drug-likeness (QED) is 0.773. The summed E-state index contributed by atoms with van der Waals surface area (Å²) < 4.78 is 68.8. The lowest BCUT2D eigenvalue weighted by Crippen LogP contribution is -2.42.